The van der Waals surface area contributed by atoms with E-state index in [1.807, 2.05) is 60.4 Å². The van der Waals surface area contributed by atoms with Gasteiger partial charge in [-0.25, -0.2) is 0 Å². The summed E-state index contributed by atoms with van der Waals surface area (Å²) in [5.41, 5.74) is 8.09. The van der Waals surface area contributed by atoms with Crippen molar-refractivity contribution in [1.82, 2.24) is 10.2 Å². The van der Waals surface area contributed by atoms with Gasteiger partial charge in [-0.05, 0) is 49.8 Å². The molecule has 1 fully saturated rings. The second kappa shape index (κ2) is 8.92. The Balaban J connectivity index is 1.53. The predicted octanol–water partition coefficient (Wildman–Crippen LogP) is 3.01. The van der Waals surface area contributed by atoms with Crippen LogP contribution in [0.2, 0.25) is 0 Å². The van der Waals surface area contributed by atoms with Crippen LogP contribution >= 0.6 is 0 Å². The summed E-state index contributed by atoms with van der Waals surface area (Å²) in [5.74, 6) is -0.620. The molecule has 2 aliphatic rings. The van der Waals surface area contributed by atoms with E-state index in [-0.39, 0.29) is 23.1 Å². The minimum atomic E-state index is -1.08. The average Bonchev–Trinajstić information content (AvgIpc) is 3.08. The van der Waals surface area contributed by atoms with Crippen LogP contribution in [-0.2, 0) is 15.0 Å². The number of piperidine rings is 1. The summed E-state index contributed by atoms with van der Waals surface area (Å²) in [6, 6.07) is 17.2. The molecule has 1 unspecified atom stereocenters. The molecule has 2 aromatic rings. The monoisotopic (exact) mass is 449 g/mol. The lowest BCUT2D eigenvalue weighted by molar-refractivity contribution is -0.139. The first kappa shape index (κ1) is 23.5. The number of amides is 2. The van der Waals surface area contributed by atoms with Crippen LogP contribution in [0.4, 0.5) is 0 Å². The Labute approximate surface area is 196 Å². The number of nitrogens with one attached hydrogen (secondary N) is 1. The molecule has 33 heavy (non-hydrogen) atoms. The van der Waals surface area contributed by atoms with Crippen molar-refractivity contribution in [2.75, 3.05) is 13.1 Å². The number of hydrogen-bond acceptors (Lipinski definition) is 4. The first-order valence-corrected chi connectivity index (χ1v) is 11.8. The number of nitrogens with two attached hydrogens (primary N) is 1. The summed E-state index contributed by atoms with van der Waals surface area (Å²) in [5, 5.41) is 13.5. The fourth-order valence-corrected chi connectivity index (χ4v) is 5.36. The molecule has 1 aliphatic carbocycles. The molecule has 1 aliphatic heterocycles. The molecule has 1 heterocycles. The lowest BCUT2D eigenvalue weighted by atomic mass is 9.73. The van der Waals surface area contributed by atoms with Crippen molar-refractivity contribution in [3.05, 3.63) is 71.3 Å². The van der Waals surface area contributed by atoms with Crippen LogP contribution in [0.25, 0.3) is 0 Å². The normalized spacial score (nSPS) is 21.4. The van der Waals surface area contributed by atoms with E-state index < -0.39 is 17.7 Å². The van der Waals surface area contributed by atoms with Gasteiger partial charge in [0.25, 0.3) is 0 Å². The van der Waals surface area contributed by atoms with Crippen LogP contribution in [0.5, 0.6) is 0 Å². The zero-order valence-corrected chi connectivity index (χ0v) is 19.8. The molecule has 4 rings (SSSR count). The van der Waals surface area contributed by atoms with Gasteiger partial charge in [-0.15, -0.1) is 0 Å². The molecule has 1 spiro atoms. The molecule has 2 amide bonds. The first-order chi connectivity index (χ1) is 15.6. The van der Waals surface area contributed by atoms with Gasteiger partial charge in [0.05, 0.1) is 11.6 Å². The molecule has 0 saturated carbocycles. The Bertz CT molecular complexity index is 1010. The van der Waals surface area contributed by atoms with Crippen molar-refractivity contribution in [3.63, 3.8) is 0 Å². The van der Waals surface area contributed by atoms with E-state index >= 15 is 0 Å². The van der Waals surface area contributed by atoms with Crippen LogP contribution in [0.3, 0.4) is 0 Å². The molecule has 0 bridgehead atoms. The standard InChI is InChI=1S/C27H35N3O3/c1-18(19-9-5-4-6-10-19)23(29-25(33)26(2,3)28)24(32)30-15-13-27(14-16-30)17-22(31)20-11-7-8-12-21(20)27/h4-12,18,22-23,31H,13-17,28H2,1-3H3,(H,29,33)/t18-,22+,23?/m0/s1. The molecular weight excluding hydrogens is 414 g/mol. The Morgan fingerprint density at radius 2 is 1.70 bits per heavy atom. The van der Waals surface area contributed by atoms with Crippen molar-refractivity contribution in [3.8, 4) is 0 Å². The maximum absolute atomic E-state index is 13.7. The van der Waals surface area contributed by atoms with Crippen molar-refractivity contribution >= 4 is 11.8 Å². The number of hydrogen-bond donors (Lipinski definition) is 3. The summed E-state index contributed by atoms with van der Waals surface area (Å²) in [6.07, 6.45) is 1.86. The molecule has 4 N–H and O–H groups in total. The summed E-state index contributed by atoms with van der Waals surface area (Å²) < 4.78 is 0. The molecule has 6 nitrogen and oxygen atoms in total. The molecule has 6 heteroatoms. The van der Waals surface area contributed by atoms with Crippen LogP contribution < -0.4 is 11.1 Å². The third-order valence-corrected chi connectivity index (χ3v) is 7.47. The highest BCUT2D eigenvalue weighted by Crippen LogP contribution is 2.50. The SMILES string of the molecule is C[C@@H](c1ccccc1)C(NC(=O)C(C)(C)N)C(=O)N1CCC2(CC1)C[C@@H](O)c1ccccc12. The van der Waals surface area contributed by atoms with Crippen LogP contribution in [0.1, 0.15) is 68.7 Å². The Morgan fingerprint density at radius 1 is 1.09 bits per heavy atom. The van der Waals surface area contributed by atoms with Gasteiger partial charge < -0.3 is 21.1 Å². The largest absolute Gasteiger partial charge is 0.388 e. The Morgan fingerprint density at radius 3 is 2.33 bits per heavy atom. The summed E-state index contributed by atoms with van der Waals surface area (Å²) in [7, 11) is 0. The van der Waals surface area contributed by atoms with Gasteiger partial charge >= 0.3 is 0 Å². The zero-order chi connectivity index (χ0) is 23.8. The van der Waals surface area contributed by atoms with Gasteiger partial charge in [0.15, 0.2) is 0 Å². The summed E-state index contributed by atoms with van der Waals surface area (Å²) in [4.78, 5) is 28.3. The van der Waals surface area contributed by atoms with E-state index in [1.54, 1.807) is 13.8 Å². The van der Waals surface area contributed by atoms with Gasteiger partial charge in [-0.3, -0.25) is 9.59 Å². The van der Waals surface area contributed by atoms with E-state index in [2.05, 4.69) is 11.4 Å². The van der Waals surface area contributed by atoms with Gasteiger partial charge in [0, 0.05) is 24.4 Å². The van der Waals surface area contributed by atoms with E-state index in [0.717, 1.165) is 24.0 Å². The highest BCUT2D eigenvalue weighted by molar-refractivity contribution is 5.92. The lowest BCUT2D eigenvalue weighted by Gasteiger charge is -2.42. The van der Waals surface area contributed by atoms with E-state index in [0.29, 0.717) is 19.5 Å². The smallest absolute Gasteiger partial charge is 0.245 e. The topological polar surface area (TPSA) is 95.7 Å². The highest BCUT2D eigenvalue weighted by Gasteiger charge is 2.46. The van der Waals surface area contributed by atoms with E-state index in [1.165, 1.54) is 5.56 Å². The Hall–Kier alpha value is -2.70. The van der Waals surface area contributed by atoms with Gasteiger partial charge in [-0.2, -0.15) is 0 Å². The van der Waals surface area contributed by atoms with Gasteiger partial charge in [0.2, 0.25) is 11.8 Å². The average molecular weight is 450 g/mol. The minimum Gasteiger partial charge on any atom is -0.388 e. The number of likely N-dealkylation sites (tertiary alicyclic amines) is 1. The predicted molar refractivity (Wildman–Crippen MR) is 129 cm³/mol. The minimum absolute atomic E-state index is 0.0781. The number of nitrogens with zero attached hydrogens (tertiary/aromatic N) is 1. The van der Waals surface area contributed by atoms with Crippen molar-refractivity contribution < 1.29 is 14.7 Å². The maximum Gasteiger partial charge on any atom is 0.245 e. The van der Waals surface area contributed by atoms with Crippen molar-refractivity contribution in [1.29, 1.82) is 0 Å². The third-order valence-electron chi connectivity index (χ3n) is 7.47. The van der Waals surface area contributed by atoms with E-state index in [9.17, 15) is 14.7 Å². The fourth-order valence-electron chi connectivity index (χ4n) is 5.36. The number of fused-ring (bicyclic) bond motifs is 2. The quantitative estimate of drug-likeness (QED) is 0.654. The number of aliphatic hydroxyl groups is 1. The van der Waals surface area contributed by atoms with Crippen LogP contribution in [0.15, 0.2) is 54.6 Å². The molecular formula is C27H35N3O3. The number of carbonyl (C=O) groups excluding carboxylic acids is 2. The lowest BCUT2D eigenvalue weighted by Crippen LogP contribution is -2.59. The third kappa shape index (κ3) is 4.55. The number of rotatable bonds is 5. The molecule has 3 atom stereocenters. The summed E-state index contributed by atoms with van der Waals surface area (Å²) >= 11 is 0. The van der Waals surface area contributed by atoms with Gasteiger partial charge in [0.1, 0.15) is 6.04 Å². The molecule has 0 aromatic heterocycles. The highest BCUT2D eigenvalue weighted by atomic mass is 16.3. The second-order valence-corrected chi connectivity index (χ2v) is 10.3. The maximum atomic E-state index is 13.7. The van der Waals surface area contributed by atoms with Gasteiger partial charge in [-0.1, -0.05) is 61.5 Å². The summed E-state index contributed by atoms with van der Waals surface area (Å²) in [6.45, 7) is 6.45. The van der Waals surface area contributed by atoms with Crippen LogP contribution in [-0.4, -0.2) is 46.5 Å². The van der Waals surface area contributed by atoms with Crippen molar-refractivity contribution in [2.45, 2.75) is 69.1 Å². The first-order valence-electron chi connectivity index (χ1n) is 11.8. The number of carbonyl (C=O) groups is 2. The molecule has 0 radical (unpaired) electrons. The molecule has 2 aromatic carbocycles. The second-order valence-electron chi connectivity index (χ2n) is 10.3. The van der Waals surface area contributed by atoms with Crippen LogP contribution in [0, 0.1) is 0 Å². The zero-order valence-electron chi connectivity index (χ0n) is 19.8. The molecule has 176 valence electrons. The van der Waals surface area contributed by atoms with E-state index in [4.69, 9.17) is 5.73 Å². The Kier molecular flexibility index (Phi) is 6.34. The molecule has 1 saturated heterocycles. The van der Waals surface area contributed by atoms with Crippen molar-refractivity contribution in [2.24, 2.45) is 5.73 Å². The number of aliphatic hydroxyl groups excluding tert-OH is 1. The fraction of sp³-hybridized carbons (Fsp3) is 0.481. The number of benzene rings is 2.